The molecule has 2 rings (SSSR count). The zero-order valence-corrected chi connectivity index (χ0v) is 10.5. The highest BCUT2D eigenvalue weighted by Gasteiger charge is 2.25. The molecule has 1 aliphatic carbocycles. The average Bonchev–Trinajstić information content (AvgIpc) is 2.93. The molecule has 3 heteroatoms. The van der Waals surface area contributed by atoms with E-state index >= 15 is 0 Å². The maximum absolute atomic E-state index is 5.76. The highest BCUT2D eigenvalue weighted by Crippen LogP contribution is 2.27. The maximum Gasteiger partial charge on any atom is 0.104 e. The Hall–Kier alpha value is -0.120. The molecule has 94 valence electrons. The third-order valence-electron chi connectivity index (χ3n) is 3.27. The van der Waals surface area contributed by atoms with Gasteiger partial charge in [0.05, 0.1) is 26.4 Å². The molecule has 0 spiro atoms. The topological polar surface area (TPSA) is 31.0 Å². The van der Waals surface area contributed by atoms with Crippen molar-refractivity contribution in [2.24, 2.45) is 11.3 Å². The molecule has 0 radical (unpaired) electrons. The first-order valence-corrected chi connectivity index (χ1v) is 6.43. The van der Waals surface area contributed by atoms with Crippen LogP contribution >= 0.6 is 0 Å². The van der Waals surface area contributed by atoms with Crippen molar-refractivity contribution in [2.45, 2.75) is 39.2 Å². The lowest BCUT2D eigenvalue weighted by atomic mass is 9.86. The Bertz CT molecular complexity index is 207. The average molecular weight is 228 g/mol. The van der Waals surface area contributed by atoms with E-state index < -0.39 is 0 Å². The molecular formula is C13H24O3. The largest absolute Gasteiger partial charge is 0.381 e. The summed E-state index contributed by atoms with van der Waals surface area (Å²) in [7, 11) is 0. The Morgan fingerprint density at radius 2 is 1.75 bits per heavy atom. The summed E-state index contributed by atoms with van der Waals surface area (Å²) in [4.78, 5) is 0. The van der Waals surface area contributed by atoms with E-state index in [1.165, 1.54) is 19.3 Å². The molecule has 1 unspecified atom stereocenters. The van der Waals surface area contributed by atoms with Crippen molar-refractivity contribution in [1.82, 2.24) is 0 Å². The Balaban J connectivity index is 1.50. The highest BCUT2D eigenvalue weighted by atomic mass is 16.6. The minimum atomic E-state index is 0.124. The van der Waals surface area contributed by atoms with E-state index in [0.717, 1.165) is 39.0 Å². The first-order chi connectivity index (χ1) is 7.66. The molecule has 2 aliphatic rings. The highest BCUT2D eigenvalue weighted by molar-refractivity contribution is 4.72. The van der Waals surface area contributed by atoms with Gasteiger partial charge in [-0.05, 0) is 18.8 Å². The van der Waals surface area contributed by atoms with E-state index in [-0.39, 0.29) is 5.41 Å². The summed E-state index contributed by atoms with van der Waals surface area (Å²) < 4.78 is 16.5. The number of hydrogen-bond acceptors (Lipinski definition) is 3. The molecule has 1 saturated carbocycles. The molecule has 0 aromatic rings. The molecule has 0 bridgehead atoms. The van der Waals surface area contributed by atoms with Gasteiger partial charge in [0.15, 0.2) is 0 Å². The third kappa shape index (κ3) is 4.40. The second kappa shape index (κ2) is 5.48. The minimum absolute atomic E-state index is 0.124. The third-order valence-corrected chi connectivity index (χ3v) is 3.27. The van der Waals surface area contributed by atoms with Crippen molar-refractivity contribution in [3.63, 3.8) is 0 Å². The van der Waals surface area contributed by atoms with Gasteiger partial charge in [-0.15, -0.1) is 0 Å². The SMILES string of the molecule is CC(C)(COCC1CCC1)COCC1CO1. The molecule has 2 fully saturated rings. The summed E-state index contributed by atoms with van der Waals surface area (Å²) >= 11 is 0. The molecule has 3 nitrogen and oxygen atoms in total. The van der Waals surface area contributed by atoms with Crippen LogP contribution in [0.15, 0.2) is 0 Å². The summed E-state index contributed by atoms with van der Waals surface area (Å²) in [6, 6.07) is 0. The fraction of sp³-hybridized carbons (Fsp3) is 1.00. The first kappa shape index (κ1) is 12.3. The van der Waals surface area contributed by atoms with E-state index in [1.807, 2.05) is 0 Å². The van der Waals surface area contributed by atoms with Crippen LogP contribution in [0.2, 0.25) is 0 Å². The maximum atomic E-state index is 5.76. The molecule has 1 heterocycles. The van der Waals surface area contributed by atoms with Crippen molar-refractivity contribution < 1.29 is 14.2 Å². The Kier molecular flexibility index (Phi) is 4.22. The van der Waals surface area contributed by atoms with Gasteiger partial charge in [-0.25, -0.2) is 0 Å². The molecule has 1 atom stereocenters. The molecule has 0 amide bonds. The molecule has 1 aliphatic heterocycles. The van der Waals surface area contributed by atoms with Crippen LogP contribution in [-0.4, -0.2) is 39.1 Å². The van der Waals surface area contributed by atoms with E-state index in [1.54, 1.807) is 0 Å². The van der Waals surface area contributed by atoms with Gasteiger partial charge in [-0.1, -0.05) is 20.3 Å². The van der Waals surface area contributed by atoms with Crippen LogP contribution in [0.5, 0.6) is 0 Å². The van der Waals surface area contributed by atoms with Crippen LogP contribution in [0.3, 0.4) is 0 Å². The Labute approximate surface area is 98.4 Å². The lowest BCUT2D eigenvalue weighted by Crippen LogP contribution is -2.28. The number of rotatable bonds is 8. The van der Waals surface area contributed by atoms with Crippen LogP contribution in [-0.2, 0) is 14.2 Å². The smallest absolute Gasteiger partial charge is 0.104 e. The fourth-order valence-corrected chi connectivity index (χ4v) is 1.83. The van der Waals surface area contributed by atoms with E-state index in [0.29, 0.717) is 6.10 Å². The number of ether oxygens (including phenoxy) is 3. The van der Waals surface area contributed by atoms with Crippen molar-refractivity contribution in [3.05, 3.63) is 0 Å². The Morgan fingerprint density at radius 1 is 1.12 bits per heavy atom. The molecule has 0 aromatic heterocycles. The number of hydrogen-bond donors (Lipinski definition) is 0. The van der Waals surface area contributed by atoms with Crippen molar-refractivity contribution >= 4 is 0 Å². The lowest BCUT2D eigenvalue weighted by molar-refractivity contribution is -0.0231. The Morgan fingerprint density at radius 3 is 2.25 bits per heavy atom. The summed E-state index contributed by atoms with van der Waals surface area (Å²) in [5, 5.41) is 0. The van der Waals surface area contributed by atoms with Crippen LogP contribution in [0, 0.1) is 11.3 Å². The minimum Gasteiger partial charge on any atom is -0.381 e. The number of epoxide rings is 1. The van der Waals surface area contributed by atoms with Crippen LogP contribution in [0.4, 0.5) is 0 Å². The van der Waals surface area contributed by atoms with Gasteiger partial charge in [-0.2, -0.15) is 0 Å². The zero-order chi connectivity index (χ0) is 11.4. The van der Waals surface area contributed by atoms with E-state index in [4.69, 9.17) is 14.2 Å². The normalized spacial score (nSPS) is 25.5. The van der Waals surface area contributed by atoms with Crippen molar-refractivity contribution in [2.75, 3.05) is 33.0 Å². The van der Waals surface area contributed by atoms with Gasteiger partial charge in [0, 0.05) is 12.0 Å². The molecule has 0 aromatic carbocycles. The standard InChI is InChI=1S/C13H24O3/c1-13(2,10-15-7-12-8-16-12)9-14-6-11-4-3-5-11/h11-12H,3-10H2,1-2H3. The van der Waals surface area contributed by atoms with Gasteiger partial charge in [0.2, 0.25) is 0 Å². The zero-order valence-electron chi connectivity index (χ0n) is 10.5. The second-order valence-electron chi connectivity index (χ2n) is 5.95. The van der Waals surface area contributed by atoms with Gasteiger partial charge in [0.1, 0.15) is 6.10 Å². The molecule has 16 heavy (non-hydrogen) atoms. The second-order valence-corrected chi connectivity index (χ2v) is 5.95. The van der Waals surface area contributed by atoms with Crippen molar-refractivity contribution in [3.8, 4) is 0 Å². The van der Waals surface area contributed by atoms with Gasteiger partial charge < -0.3 is 14.2 Å². The quantitative estimate of drug-likeness (QED) is 0.597. The first-order valence-electron chi connectivity index (χ1n) is 6.43. The van der Waals surface area contributed by atoms with E-state index in [9.17, 15) is 0 Å². The van der Waals surface area contributed by atoms with Crippen LogP contribution in [0.1, 0.15) is 33.1 Å². The predicted octanol–water partition coefficient (Wildman–Crippen LogP) is 2.24. The summed E-state index contributed by atoms with van der Waals surface area (Å²) in [6.07, 6.45) is 4.47. The van der Waals surface area contributed by atoms with Crippen LogP contribution < -0.4 is 0 Å². The van der Waals surface area contributed by atoms with Gasteiger partial charge >= 0.3 is 0 Å². The monoisotopic (exact) mass is 228 g/mol. The summed E-state index contributed by atoms with van der Waals surface area (Å²) in [6.45, 7) is 8.51. The summed E-state index contributed by atoms with van der Waals surface area (Å²) in [5.74, 6) is 0.830. The predicted molar refractivity (Wildman–Crippen MR) is 62.5 cm³/mol. The van der Waals surface area contributed by atoms with Gasteiger partial charge in [-0.3, -0.25) is 0 Å². The molecular weight excluding hydrogens is 204 g/mol. The van der Waals surface area contributed by atoms with Gasteiger partial charge in [0.25, 0.3) is 0 Å². The molecule has 1 saturated heterocycles. The lowest BCUT2D eigenvalue weighted by Gasteiger charge is -2.28. The van der Waals surface area contributed by atoms with E-state index in [2.05, 4.69) is 13.8 Å². The fourth-order valence-electron chi connectivity index (χ4n) is 1.83. The van der Waals surface area contributed by atoms with Crippen LogP contribution in [0.25, 0.3) is 0 Å². The summed E-state index contributed by atoms with van der Waals surface area (Å²) in [5.41, 5.74) is 0.124. The van der Waals surface area contributed by atoms with Crippen molar-refractivity contribution in [1.29, 1.82) is 0 Å². The molecule has 0 N–H and O–H groups in total.